The zero-order valence-corrected chi connectivity index (χ0v) is 16.3. The number of carbonyl (C=O) groups excluding carboxylic acids is 2. The van der Waals surface area contributed by atoms with Gasteiger partial charge in [-0.25, -0.2) is 9.38 Å². The number of nitrogens with zero attached hydrogens (tertiary/aromatic N) is 2. The van der Waals surface area contributed by atoms with Gasteiger partial charge in [0, 0.05) is 18.7 Å². The molecular formula is C20H20FN3O3S. The highest BCUT2D eigenvalue weighted by Gasteiger charge is 2.35. The quantitative estimate of drug-likeness (QED) is 0.827. The Balaban J connectivity index is 1.78. The van der Waals surface area contributed by atoms with Gasteiger partial charge in [0.1, 0.15) is 16.8 Å². The number of hydrogen-bond acceptors (Lipinski definition) is 5. The first kappa shape index (κ1) is 19.9. The van der Waals surface area contributed by atoms with Gasteiger partial charge in [-0.1, -0.05) is 11.8 Å². The Labute approximate surface area is 166 Å². The Morgan fingerprint density at radius 1 is 1.25 bits per heavy atom. The number of aliphatic imine (C=N–C) groups is 1. The molecule has 0 spiro atoms. The first-order chi connectivity index (χ1) is 13.5. The van der Waals surface area contributed by atoms with Crippen LogP contribution in [0.15, 0.2) is 53.5 Å². The third kappa shape index (κ3) is 4.69. The maximum Gasteiger partial charge on any atom is 0.238 e. The molecule has 2 aromatic carbocycles. The third-order valence-corrected chi connectivity index (χ3v) is 5.34. The molecule has 6 nitrogen and oxygen atoms in total. The van der Waals surface area contributed by atoms with Gasteiger partial charge < -0.3 is 10.1 Å². The van der Waals surface area contributed by atoms with Crippen LogP contribution in [0.4, 0.5) is 15.8 Å². The maximum absolute atomic E-state index is 13.0. The molecule has 0 bridgehead atoms. The van der Waals surface area contributed by atoms with Gasteiger partial charge in [-0.15, -0.1) is 0 Å². The van der Waals surface area contributed by atoms with Gasteiger partial charge in [0.25, 0.3) is 0 Å². The molecule has 0 aromatic heterocycles. The highest BCUT2D eigenvalue weighted by Crippen LogP contribution is 2.30. The zero-order chi connectivity index (χ0) is 20.1. The highest BCUT2D eigenvalue weighted by atomic mass is 32.2. The number of hydrogen-bond donors (Lipinski definition) is 1. The first-order valence-corrected chi connectivity index (χ1v) is 9.64. The Morgan fingerprint density at radius 3 is 2.54 bits per heavy atom. The lowest BCUT2D eigenvalue weighted by atomic mass is 10.2. The zero-order valence-electron chi connectivity index (χ0n) is 15.5. The Bertz CT molecular complexity index is 885. The summed E-state index contributed by atoms with van der Waals surface area (Å²) in [6.07, 6.45) is 0.0766. The topological polar surface area (TPSA) is 71.0 Å². The van der Waals surface area contributed by atoms with Crippen LogP contribution in [-0.2, 0) is 9.59 Å². The second kappa shape index (κ2) is 8.88. The lowest BCUT2D eigenvalue weighted by molar-refractivity contribution is -0.129. The summed E-state index contributed by atoms with van der Waals surface area (Å²) in [4.78, 5) is 31.2. The molecule has 146 valence electrons. The van der Waals surface area contributed by atoms with Gasteiger partial charge >= 0.3 is 0 Å². The van der Waals surface area contributed by atoms with Crippen molar-refractivity contribution >= 4 is 40.1 Å². The van der Waals surface area contributed by atoms with E-state index < -0.39 is 5.25 Å². The van der Waals surface area contributed by atoms with Crippen molar-refractivity contribution in [3.05, 3.63) is 54.3 Å². The molecule has 28 heavy (non-hydrogen) atoms. The van der Waals surface area contributed by atoms with Crippen LogP contribution in [0.5, 0.6) is 5.75 Å². The predicted octanol–water partition coefficient (Wildman–Crippen LogP) is 3.81. The molecule has 3 rings (SSSR count). The summed E-state index contributed by atoms with van der Waals surface area (Å²) in [5, 5.41) is 2.58. The van der Waals surface area contributed by atoms with Gasteiger partial charge in [0.15, 0.2) is 5.17 Å². The standard InChI is InChI=1S/C20H20FN3O3S/c1-3-24-18(25)12-17(19(26)22-14-6-4-13(21)5-7-14)28-20(24)23-15-8-10-16(27-2)11-9-15/h4-11,17H,3,12H2,1-2H3,(H,22,26). The summed E-state index contributed by atoms with van der Waals surface area (Å²) in [5.41, 5.74) is 1.14. The maximum atomic E-state index is 13.0. The minimum absolute atomic E-state index is 0.0766. The molecule has 1 unspecified atom stereocenters. The molecule has 8 heteroatoms. The van der Waals surface area contributed by atoms with Crippen LogP contribution in [0.25, 0.3) is 0 Å². The van der Waals surface area contributed by atoms with E-state index in [1.807, 2.05) is 6.92 Å². The van der Waals surface area contributed by atoms with Crippen molar-refractivity contribution in [3.8, 4) is 5.75 Å². The van der Waals surface area contributed by atoms with Crippen molar-refractivity contribution in [2.45, 2.75) is 18.6 Å². The van der Waals surface area contributed by atoms with E-state index in [2.05, 4.69) is 10.3 Å². The molecule has 1 aliphatic rings. The van der Waals surface area contributed by atoms with Crippen LogP contribution in [-0.4, -0.2) is 40.8 Å². The first-order valence-electron chi connectivity index (χ1n) is 8.76. The van der Waals surface area contributed by atoms with E-state index in [0.717, 1.165) is 0 Å². The highest BCUT2D eigenvalue weighted by molar-refractivity contribution is 8.15. The second-order valence-electron chi connectivity index (χ2n) is 6.04. The molecule has 0 saturated carbocycles. The molecule has 0 radical (unpaired) electrons. The number of anilines is 1. The number of halogens is 1. The predicted molar refractivity (Wildman–Crippen MR) is 109 cm³/mol. The van der Waals surface area contributed by atoms with E-state index in [1.165, 1.54) is 36.0 Å². The number of ether oxygens (including phenoxy) is 1. The van der Waals surface area contributed by atoms with Crippen LogP contribution in [0, 0.1) is 5.82 Å². The number of amides is 2. The number of rotatable bonds is 5. The van der Waals surface area contributed by atoms with E-state index in [1.54, 1.807) is 36.3 Å². The summed E-state index contributed by atoms with van der Waals surface area (Å²) in [5.74, 6) is -0.149. The van der Waals surface area contributed by atoms with Crippen molar-refractivity contribution in [1.82, 2.24) is 4.90 Å². The average molecular weight is 401 g/mol. The summed E-state index contributed by atoms with van der Waals surface area (Å²) >= 11 is 1.24. The molecule has 1 saturated heterocycles. The van der Waals surface area contributed by atoms with Crippen LogP contribution in [0.2, 0.25) is 0 Å². The smallest absolute Gasteiger partial charge is 0.238 e. The van der Waals surface area contributed by atoms with Crippen molar-refractivity contribution in [1.29, 1.82) is 0 Å². The molecule has 2 aromatic rings. The number of carbonyl (C=O) groups is 2. The number of amidine groups is 1. The van der Waals surface area contributed by atoms with Crippen molar-refractivity contribution < 1.29 is 18.7 Å². The minimum Gasteiger partial charge on any atom is -0.497 e. The molecule has 1 fully saturated rings. The largest absolute Gasteiger partial charge is 0.497 e. The lowest BCUT2D eigenvalue weighted by Crippen LogP contribution is -2.45. The summed E-state index contributed by atoms with van der Waals surface area (Å²) in [6, 6.07) is 12.6. The number of nitrogens with one attached hydrogen (secondary N) is 1. The van der Waals surface area contributed by atoms with Gasteiger partial charge in [0.05, 0.1) is 12.8 Å². The lowest BCUT2D eigenvalue weighted by Gasteiger charge is -2.30. The molecule has 0 aliphatic carbocycles. The fourth-order valence-electron chi connectivity index (χ4n) is 2.68. The molecule has 1 atom stereocenters. The average Bonchev–Trinajstić information content (AvgIpc) is 2.70. The van der Waals surface area contributed by atoms with Crippen LogP contribution >= 0.6 is 11.8 Å². The van der Waals surface area contributed by atoms with Crippen LogP contribution < -0.4 is 10.1 Å². The van der Waals surface area contributed by atoms with E-state index in [0.29, 0.717) is 28.8 Å². The van der Waals surface area contributed by atoms with E-state index in [-0.39, 0.29) is 24.1 Å². The van der Waals surface area contributed by atoms with E-state index >= 15 is 0 Å². The summed E-state index contributed by atoms with van der Waals surface area (Å²) in [7, 11) is 1.58. The van der Waals surface area contributed by atoms with E-state index in [4.69, 9.17) is 4.74 Å². The minimum atomic E-state index is -0.614. The monoisotopic (exact) mass is 401 g/mol. The number of benzene rings is 2. The Hall–Kier alpha value is -2.87. The molecular weight excluding hydrogens is 381 g/mol. The van der Waals surface area contributed by atoms with Crippen LogP contribution in [0.3, 0.4) is 0 Å². The van der Waals surface area contributed by atoms with Gasteiger partial charge in [-0.3, -0.25) is 14.5 Å². The molecule has 1 heterocycles. The summed E-state index contributed by atoms with van der Waals surface area (Å²) < 4.78 is 18.2. The Kier molecular flexibility index (Phi) is 6.30. The molecule has 2 amide bonds. The van der Waals surface area contributed by atoms with Crippen molar-refractivity contribution in [2.24, 2.45) is 4.99 Å². The molecule has 1 N–H and O–H groups in total. The second-order valence-corrected chi connectivity index (χ2v) is 7.21. The SMILES string of the molecule is CCN1C(=O)CC(C(=O)Nc2ccc(F)cc2)SC1=Nc1ccc(OC)cc1. The van der Waals surface area contributed by atoms with Gasteiger partial charge in [-0.2, -0.15) is 0 Å². The fourth-order valence-corrected chi connectivity index (χ4v) is 3.84. The number of thioether (sulfide) groups is 1. The van der Waals surface area contributed by atoms with Gasteiger partial charge in [-0.05, 0) is 55.5 Å². The Morgan fingerprint density at radius 2 is 1.93 bits per heavy atom. The van der Waals surface area contributed by atoms with Gasteiger partial charge in [0.2, 0.25) is 11.8 Å². The van der Waals surface area contributed by atoms with Crippen molar-refractivity contribution in [2.75, 3.05) is 19.0 Å². The fraction of sp³-hybridized carbons (Fsp3) is 0.250. The van der Waals surface area contributed by atoms with Crippen LogP contribution in [0.1, 0.15) is 13.3 Å². The van der Waals surface area contributed by atoms with E-state index in [9.17, 15) is 14.0 Å². The number of methoxy groups -OCH3 is 1. The normalized spacial score (nSPS) is 18.2. The summed E-state index contributed by atoms with van der Waals surface area (Å²) in [6.45, 7) is 2.33. The molecule has 1 aliphatic heterocycles. The van der Waals surface area contributed by atoms with Crippen molar-refractivity contribution in [3.63, 3.8) is 0 Å². The third-order valence-electron chi connectivity index (χ3n) is 4.16.